The number of fused-ring (bicyclic) bond motifs is 1. The number of carbonyl (C=O) groups excluding carboxylic acids is 1. The van der Waals surface area contributed by atoms with Crippen LogP contribution in [0.4, 0.5) is 0 Å². The third-order valence-corrected chi connectivity index (χ3v) is 5.71. The molecule has 1 atom stereocenters. The molecular formula is C19H17ClN2OS. The van der Waals surface area contributed by atoms with Gasteiger partial charge < -0.3 is 4.90 Å². The average Bonchev–Trinajstić information content (AvgIpc) is 2.95. The summed E-state index contributed by atoms with van der Waals surface area (Å²) in [7, 11) is 1.80. The quantitative estimate of drug-likeness (QED) is 0.603. The molecule has 24 heavy (non-hydrogen) atoms. The summed E-state index contributed by atoms with van der Waals surface area (Å²) in [6, 6.07) is 11.8. The molecule has 3 rings (SSSR count). The maximum atomic E-state index is 12.4. The second-order valence-corrected chi connectivity index (χ2v) is 6.98. The lowest BCUT2D eigenvalue weighted by molar-refractivity contribution is -0.126. The molecule has 0 N–H and O–H groups in total. The molecule has 0 bridgehead atoms. The highest BCUT2D eigenvalue weighted by atomic mass is 35.5. The Kier molecular flexibility index (Phi) is 4.97. The fourth-order valence-electron chi connectivity index (χ4n) is 2.46. The van der Waals surface area contributed by atoms with Crippen molar-refractivity contribution in [3.05, 3.63) is 70.3 Å². The first-order chi connectivity index (χ1) is 11.6. The Bertz CT molecular complexity index is 889. The Hall–Kier alpha value is -2.17. The van der Waals surface area contributed by atoms with Crippen LogP contribution in [-0.2, 0) is 4.79 Å². The van der Waals surface area contributed by atoms with Gasteiger partial charge in [0.15, 0.2) is 0 Å². The van der Waals surface area contributed by atoms with Crippen LogP contribution in [-0.4, -0.2) is 22.8 Å². The van der Waals surface area contributed by atoms with Gasteiger partial charge in [-0.1, -0.05) is 29.8 Å². The van der Waals surface area contributed by atoms with E-state index in [-0.39, 0.29) is 11.9 Å². The Morgan fingerprint density at radius 2 is 1.96 bits per heavy atom. The van der Waals surface area contributed by atoms with Crippen molar-refractivity contribution in [2.24, 2.45) is 0 Å². The molecule has 5 heteroatoms. The fraction of sp³-hybridized carbons (Fsp3) is 0.158. The van der Waals surface area contributed by atoms with Crippen LogP contribution in [0.5, 0.6) is 0 Å². The van der Waals surface area contributed by atoms with Gasteiger partial charge in [-0.25, -0.2) is 0 Å². The molecule has 1 unspecified atom stereocenters. The number of pyridine rings is 1. The van der Waals surface area contributed by atoms with Crippen molar-refractivity contribution < 1.29 is 4.79 Å². The Morgan fingerprint density at radius 3 is 2.67 bits per heavy atom. The zero-order chi connectivity index (χ0) is 17.1. The van der Waals surface area contributed by atoms with E-state index in [4.69, 9.17) is 11.6 Å². The Morgan fingerprint density at radius 1 is 1.25 bits per heavy atom. The van der Waals surface area contributed by atoms with E-state index in [0.29, 0.717) is 5.02 Å². The molecule has 2 aromatic heterocycles. The number of hydrogen-bond donors (Lipinski definition) is 0. The lowest BCUT2D eigenvalue weighted by atomic mass is 10.1. The van der Waals surface area contributed by atoms with Gasteiger partial charge in [0.05, 0.1) is 11.1 Å². The predicted octanol–water partition coefficient (Wildman–Crippen LogP) is 5.18. The third-order valence-electron chi connectivity index (χ3n) is 4.05. The molecule has 0 saturated heterocycles. The lowest BCUT2D eigenvalue weighted by Crippen LogP contribution is -2.27. The molecule has 122 valence electrons. The molecule has 0 saturated carbocycles. The molecule has 0 aliphatic rings. The van der Waals surface area contributed by atoms with Crippen LogP contribution in [0.15, 0.2) is 54.9 Å². The minimum atomic E-state index is -0.0622. The van der Waals surface area contributed by atoms with E-state index in [0.717, 1.165) is 20.5 Å². The molecule has 1 amide bonds. The SMILES string of the molecule is CC(c1ccncc1)N(C)C(=O)C=Cc1sc2ccccc2c1Cl. The summed E-state index contributed by atoms with van der Waals surface area (Å²) in [5, 5.41) is 1.72. The predicted molar refractivity (Wildman–Crippen MR) is 101 cm³/mol. The summed E-state index contributed by atoms with van der Waals surface area (Å²) in [5.41, 5.74) is 1.05. The number of hydrogen-bond acceptors (Lipinski definition) is 3. The first kappa shape index (κ1) is 16.7. The molecule has 0 aliphatic heterocycles. The summed E-state index contributed by atoms with van der Waals surface area (Å²) in [6.45, 7) is 1.99. The average molecular weight is 357 g/mol. The number of carbonyl (C=O) groups is 1. The van der Waals surface area contributed by atoms with Crippen LogP contribution >= 0.6 is 22.9 Å². The van der Waals surface area contributed by atoms with E-state index < -0.39 is 0 Å². The van der Waals surface area contributed by atoms with E-state index >= 15 is 0 Å². The van der Waals surface area contributed by atoms with Gasteiger partial charge in [0.1, 0.15) is 0 Å². The van der Waals surface area contributed by atoms with Crippen LogP contribution in [0.3, 0.4) is 0 Å². The zero-order valence-corrected chi connectivity index (χ0v) is 15.0. The third kappa shape index (κ3) is 3.35. The van der Waals surface area contributed by atoms with Crippen LogP contribution in [0.25, 0.3) is 16.2 Å². The van der Waals surface area contributed by atoms with Gasteiger partial charge in [-0.3, -0.25) is 9.78 Å². The number of likely N-dealkylation sites (N-methyl/N-ethyl adjacent to an activating group) is 1. The van der Waals surface area contributed by atoms with Gasteiger partial charge in [0.2, 0.25) is 5.91 Å². The Balaban J connectivity index is 1.78. The van der Waals surface area contributed by atoms with Crippen LogP contribution in [0.2, 0.25) is 5.02 Å². The molecule has 1 aromatic carbocycles. The summed E-state index contributed by atoms with van der Waals surface area (Å²) in [4.78, 5) is 19.1. The van der Waals surface area contributed by atoms with E-state index in [2.05, 4.69) is 4.98 Å². The second-order valence-electron chi connectivity index (χ2n) is 5.52. The number of aromatic nitrogens is 1. The number of nitrogens with zero attached hydrogens (tertiary/aromatic N) is 2. The topological polar surface area (TPSA) is 33.2 Å². The van der Waals surface area contributed by atoms with Gasteiger partial charge in [-0.2, -0.15) is 0 Å². The largest absolute Gasteiger partial charge is 0.335 e. The maximum absolute atomic E-state index is 12.4. The molecule has 0 radical (unpaired) electrons. The smallest absolute Gasteiger partial charge is 0.246 e. The van der Waals surface area contributed by atoms with Crippen LogP contribution < -0.4 is 0 Å². The molecule has 0 fully saturated rings. The molecule has 0 spiro atoms. The monoisotopic (exact) mass is 356 g/mol. The van der Waals surface area contributed by atoms with Gasteiger partial charge in [-0.05, 0) is 36.8 Å². The first-order valence-electron chi connectivity index (χ1n) is 7.59. The van der Waals surface area contributed by atoms with Gasteiger partial charge in [0.25, 0.3) is 0 Å². The van der Waals surface area contributed by atoms with Gasteiger partial charge in [-0.15, -0.1) is 11.3 Å². The Labute approximate surface area is 150 Å². The standard InChI is InChI=1S/C19H17ClN2OS/c1-13(14-9-11-21-12-10-14)22(2)18(23)8-7-17-19(20)15-5-3-4-6-16(15)24-17/h3-13H,1-2H3. The molecular weight excluding hydrogens is 340 g/mol. The highest BCUT2D eigenvalue weighted by Crippen LogP contribution is 2.36. The van der Waals surface area contributed by atoms with Crippen molar-refractivity contribution in [2.75, 3.05) is 7.05 Å². The fourth-order valence-corrected chi connectivity index (χ4v) is 3.86. The van der Waals surface area contributed by atoms with Crippen LogP contribution in [0, 0.1) is 0 Å². The number of benzene rings is 1. The number of amides is 1. The van der Waals surface area contributed by atoms with E-state index in [1.54, 1.807) is 47.8 Å². The lowest BCUT2D eigenvalue weighted by Gasteiger charge is -2.23. The molecule has 3 nitrogen and oxygen atoms in total. The number of thiophene rings is 1. The minimum Gasteiger partial charge on any atom is -0.335 e. The summed E-state index contributed by atoms with van der Waals surface area (Å²) in [6.07, 6.45) is 6.84. The maximum Gasteiger partial charge on any atom is 0.246 e. The zero-order valence-electron chi connectivity index (χ0n) is 13.4. The highest BCUT2D eigenvalue weighted by Gasteiger charge is 2.15. The van der Waals surface area contributed by atoms with Crippen molar-refractivity contribution in [1.82, 2.24) is 9.88 Å². The van der Waals surface area contributed by atoms with E-state index in [1.807, 2.05) is 43.3 Å². The van der Waals surface area contributed by atoms with Gasteiger partial charge in [0, 0.05) is 40.5 Å². The van der Waals surface area contributed by atoms with Crippen molar-refractivity contribution in [2.45, 2.75) is 13.0 Å². The summed E-state index contributed by atoms with van der Waals surface area (Å²) in [5.74, 6) is -0.0622. The minimum absolute atomic E-state index is 0.0250. The number of rotatable bonds is 4. The molecule has 0 aliphatic carbocycles. The first-order valence-corrected chi connectivity index (χ1v) is 8.79. The van der Waals surface area contributed by atoms with Crippen molar-refractivity contribution in [1.29, 1.82) is 0 Å². The van der Waals surface area contributed by atoms with E-state index in [9.17, 15) is 4.79 Å². The van der Waals surface area contributed by atoms with E-state index in [1.165, 1.54) is 0 Å². The van der Waals surface area contributed by atoms with Crippen molar-refractivity contribution >= 4 is 45.0 Å². The number of halogens is 1. The molecule has 2 heterocycles. The summed E-state index contributed by atoms with van der Waals surface area (Å²) >= 11 is 7.99. The highest BCUT2D eigenvalue weighted by molar-refractivity contribution is 7.20. The molecule has 3 aromatic rings. The second kappa shape index (κ2) is 7.16. The normalized spacial score (nSPS) is 12.6. The van der Waals surface area contributed by atoms with Gasteiger partial charge >= 0.3 is 0 Å². The summed E-state index contributed by atoms with van der Waals surface area (Å²) < 4.78 is 1.12. The van der Waals surface area contributed by atoms with Crippen molar-refractivity contribution in [3.63, 3.8) is 0 Å². The van der Waals surface area contributed by atoms with Crippen LogP contribution in [0.1, 0.15) is 23.4 Å². The van der Waals surface area contributed by atoms with Crippen molar-refractivity contribution in [3.8, 4) is 0 Å².